The van der Waals surface area contributed by atoms with Crippen molar-refractivity contribution in [3.63, 3.8) is 0 Å². The lowest BCUT2D eigenvalue weighted by molar-refractivity contribution is 0.0524. The number of aryl methyl sites for hydroxylation is 1. The third-order valence-corrected chi connectivity index (χ3v) is 4.89. The molecule has 1 N–H and O–H groups in total. The first-order chi connectivity index (χ1) is 9.61. The van der Waals surface area contributed by atoms with E-state index in [4.69, 9.17) is 4.74 Å². The molecule has 7 heteroatoms. The number of rotatable bonds is 5. The van der Waals surface area contributed by atoms with Crippen molar-refractivity contribution in [2.45, 2.75) is 32.4 Å². The minimum atomic E-state index is -0.652. The predicted molar refractivity (Wildman–Crippen MR) is 76.9 cm³/mol. The van der Waals surface area contributed by atoms with Crippen molar-refractivity contribution in [2.75, 3.05) is 18.1 Å². The molecule has 1 aliphatic heterocycles. The van der Waals surface area contributed by atoms with Crippen LogP contribution >= 0.6 is 0 Å². The zero-order valence-corrected chi connectivity index (χ0v) is 12.7. The van der Waals surface area contributed by atoms with Crippen LogP contribution in [0.15, 0.2) is 6.20 Å². The molecule has 1 fully saturated rings. The molecule has 112 valence electrons. The highest BCUT2D eigenvalue weighted by molar-refractivity contribution is 7.85. The summed E-state index contributed by atoms with van der Waals surface area (Å²) in [6, 6.07) is 0.359. The van der Waals surface area contributed by atoms with E-state index in [9.17, 15) is 9.00 Å². The second-order valence-corrected chi connectivity index (χ2v) is 6.55. The van der Waals surface area contributed by atoms with E-state index in [1.807, 2.05) is 7.05 Å². The quantitative estimate of drug-likeness (QED) is 0.806. The Morgan fingerprint density at radius 3 is 2.90 bits per heavy atom. The van der Waals surface area contributed by atoms with E-state index in [1.165, 1.54) is 0 Å². The van der Waals surface area contributed by atoms with Crippen LogP contribution in [0.5, 0.6) is 0 Å². The topological polar surface area (TPSA) is 73.2 Å². The monoisotopic (exact) mass is 299 g/mol. The second-order valence-electron chi connectivity index (χ2n) is 4.85. The van der Waals surface area contributed by atoms with Gasteiger partial charge in [0.2, 0.25) is 0 Å². The highest BCUT2D eigenvalue weighted by atomic mass is 32.2. The first-order valence-corrected chi connectivity index (χ1v) is 8.37. The normalized spacial score (nSPS) is 22.7. The maximum Gasteiger partial charge on any atom is 0.341 e. The van der Waals surface area contributed by atoms with Crippen LogP contribution in [0.1, 0.15) is 35.8 Å². The summed E-state index contributed by atoms with van der Waals surface area (Å²) in [4.78, 5) is 11.8. The van der Waals surface area contributed by atoms with Gasteiger partial charge in [-0.2, -0.15) is 5.10 Å². The molecule has 0 atom stereocenters. The van der Waals surface area contributed by atoms with Crippen LogP contribution in [-0.4, -0.2) is 44.1 Å². The summed E-state index contributed by atoms with van der Waals surface area (Å²) >= 11 is 0. The van der Waals surface area contributed by atoms with E-state index in [-0.39, 0.29) is 5.97 Å². The number of ether oxygens (including phenoxy) is 1. The maximum absolute atomic E-state index is 11.8. The molecule has 0 radical (unpaired) electrons. The molecule has 2 rings (SSSR count). The number of esters is 1. The second kappa shape index (κ2) is 6.99. The van der Waals surface area contributed by atoms with Crippen LogP contribution in [0.25, 0.3) is 0 Å². The van der Waals surface area contributed by atoms with Gasteiger partial charge in [0.15, 0.2) is 0 Å². The van der Waals surface area contributed by atoms with Gasteiger partial charge in [0.1, 0.15) is 5.56 Å². The van der Waals surface area contributed by atoms with Crippen molar-refractivity contribution in [3.05, 3.63) is 17.5 Å². The van der Waals surface area contributed by atoms with Gasteiger partial charge in [-0.05, 0) is 19.8 Å². The number of hydrogen-bond acceptors (Lipinski definition) is 5. The number of carbonyl (C=O) groups is 1. The van der Waals surface area contributed by atoms with E-state index >= 15 is 0 Å². The minimum Gasteiger partial charge on any atom is -0.462 e. The van der Waals surface area contributed by atoms with Crippen LogP contribution in [-0.2, 0) is 29.1 Å². The van der Waals surface area contributed by atoms with Gasteiger partial charge in [0.05, 0.1) is 18.5 Å². The Hall–Kier alpha value is -1.21. The number of aromatic nitrogens is 2. The summed E-state index contributed by atoms with van der Waals surface area (Å²) in [5.74, 6) is 1.18. The van der Waals surface area contributed by atoms with Gasteiger partial charge in [-0.3, -0.25) is 8.89 Å². The lowest BCUT2D eigenvalue weighted by Crippen LogP contribution is -2.36. The molecule has 1 aliphatic rings. The van der Waals surface area contributed by atoms with Crippen LogP contribution in [0.4, 0.5) is 0 Å². The van der Waals surface area contributed by atoms with E-state index in [0.29, 0.717) is 24.8 Å². The third-order valence-electron chi connectivity index (χ3n) is 3.50. The zero-order chi connectivity index (χ0) is 14.5. The van der Waals surface area contributed by atoms with Gasteiger partial charge in [-0.15, -0.1) is 0 Å². The van der Waals surface area contributed by atoms with E-state index < -0.39 is 10.8 Å². The van der Waals surface area contributed by atoms with Gasteiger partial charge in [-0.1, -0.05) is 0 Å². The number of carbonyl (C=O) groups excluding carboxylic acids is 1. The average Bonchev–Trinajstić information content (AvgIpc) is 2.80. The lowest BCUT2D eigenvalue weighted by atomic mass is 10.1. The number of nitrogens with one attached hydrogen (secondary N) is 1. The standard InChI is InChI=1S/C13H21N3O3S/c1-3-19-13(17)11-8-15-16(2)12(11)9-14-10-4-6-20(18)7-5-10/h8,10,14H,3-7,9H2,1-2H3. The highest BCUT2D eigenvalue weighted by Crippen LogP contribution is 2.13. The Balaban J connectivity index is 1.96. The Bertz CT molecular complexity index is 491. The molecule has 1 aromatic heterocycles. The van der Waals surface area contributed by atoms with Crippen molar-refractivity contribution in [3.8, 4) is 0 Å². The molecular weight excluding hydrogens is 278 g/mol. The molecule has 0 bridgehead atoms. The van der Waals surface area contributed by atoms with Crippen molar-refractivity contribution < 1.29 is 13.7 Å². The van der Waals surface area contributed by atoms with Crippen molar-refractivity contribution in [1.29, 1.82) is 0 Å². The fraction of sp³-hybridized carbons (Fsp3) is 0.692. The van der Waals surface area contributed by atoms with Gasteiger partial charge < -0.3 is 10.1 Å². The molecule has 0 spiro atoms. The molecule has 0 aromatic carbocycles. The van der Waals surface area contributed by atoms with Crippen LogP contribution in [0.3, 0.4) is 0 Å². The Morgan fingerprint density at radius 1 is 1.55 bits per heavy atom. The summed E-state index contributed by atoms with van der Waals surface area (Å²) in [6.07, 6.45) is 3.38. The molecule has 2 heterocycles. The van der Waals surface area contributed by atoms with Gasteiger partial charge >= 0.3 is 5.97 Å². The van der Waals surface area contributed by atoms with E-state index in [1.54, 1.807) is 17.8 Å². The smallest absolute Gasteiger partial charge is 0.341 e. The Labute approximate surface area is 121 Å². The fourth-order valence-corrected chi connectivity index (χ4v) is 3.59. The summed E-state index contributed by atoms with van der Waals surface area (Å²) in [7, 11) is 1.16. The largest absolute Gasteiger partial charge is 0.462 e. The summed E-state index contributed by atoms with van der Waals surface area (Å²) < 4.78 is 18.0. The highest BCUT2D eigenvalue weighted by Gasteiger charge is 2.20. The van der Waals surface area contributed by atoms with Crippen LogP contribution < -0.4 is 5.32 Å². The SMILES string of the molecule is CCOC(=O)c1cnn(C)c1CNC1CCS(=O)CC1. The zero-order valence-electron chi connectivity index (χ0n) is 11.9. The minimum absolute atomic E-state index is 0.331. The summed E-state index contributed by atoms with van der Waals surface area (Å²) in [6.45, 7) is 2.71. The summed E-state index contributed by atoms with van der Waals surface area (Å²) in [5.41, 5.74) is 1.34. The molecule has 6 nitrogen and oxygen atoms in total. The van der Waals surface area contributed by atoms with Crippen molar-refractivity contribution in [1.82, 2.24) is 15.1 Å². The third kappa shape index (κ3) is 3.67. The number of hydrogen-bond donors (Lipinski definition) is 1. The molecular formula is C13H21N3O3S. The van der Waals surface area contributed by atoms with E-state index in [0.717, 1.165) is 30.0 Å². The molecule has 20 heavy (non-hydrogen) atoms. The van der Waals surface area contributed by atoms with E-state index in [2.05, 4.69) is 10.4 Å². The van der Waals surface area contributed by atoms with Gasteiger partial charge in [0, 0.05) is 41.9 Å². The molecule has 0 saturated carbocycles. The predicted octanol–water partition coefficient (Wildman–Crippen LogP) is 0.597. The molecule has 0 unspecified atom stereocenters. The first kappa shape index (κ1) is 15.2. The van der Waals surface area contributed by atoms with Crippen LogP contribution in [0, 0.1) is 0 Å². The summed E-state index contributed by atoms with van der Waals surface area (Å²) in [5, 5.41) is 7.54. The lowest BCUT2D eigenvalue weighted by Gasteiger charge is -2.22. The molecule has 0 amide bonds. The van der Waals surface area contributed by atoms with Gasteiger partial charge in [-0.25, -0.2) is 4.79 Å². The Kier molecular flexibility index (Phi) is 5.31. The number of nitrogens with zero attached hydrogens (tertiary/aromatic N) is 2. The van der Waals surface area contributed by atoms with Crippen LogP contribution in [0.2, 0.25) is 0 Å². The average molecular weight is 299 g/mol. The first-order valence-electron chi connectivity index (χ1n) is 6.88. The van der Waals surface area contributed by atoms with Gasteiger partial charge in [0.25, 0.3) is 0 Å². The van der Waals surface area contributed by atoms with Crippen molar-refractivity contribution in [2.24, 2.45) is 7.05 Å². The molecule has 0 aliphatic carbocycles. The Morgan fingerprint density at radius 2 is 2.25 bits per heavy atom. The molecule has 1 aromatic rings. The van der Waals surface area contributed by atoms with Crippen molar-refractivity contribution >= 4 is 16.8 Å². The fourth-order valence-electron chi connectivity index (χ4n) is 2.29. The molecule has 1 saturated heterocycles. The maximum atomic E-state index is 11.8.